The third-order valence-electron chi connectivity index (χ3n) is 3.86. The number of hydrogen-bond donors (Lipinski definition) is 1. The number of hydrogen-bond acceptors (Lipinski definition) is 5. The largest absolute Gasteiger partial charge is 0.456 e. The zero-order valence-electron chi connectivity index (χ0n) is 12.4. The monoisotopic (exact) mass is 326 g/mol. The van der Waals surface area contributed by atoms with E-state index in [-0.39, 0.29) is 0 Å². The molecule has 0 aliphatic carbocycles. The van der Waals surface area contributed by atoms with Crippen LogP contribution in [0.4, 0.5) is 11.4 Å². The second-order valence-corrected chi connectivity index (χ2v) is 5.82. The van der Waals surface area contributed by atoms with Crippen LogP contribution in [-0.4, -0.2) is 30.2 Å². The molecule has 0 aromatic heterocycles. The van der Waals surface area contributed by atoms with Gasteiger partial charge in [0, 0.05) is 18.7 Å². The third-order valence-corrected chi connectivity index (χ3v) is 4.26. The van der Waals surface area contributed by atoms with Crippen molar-refractivity contribution in [3.05, 3.63) is 47.0 Å². The lowest BCUT2D eigenvalue weighted by molar-refractivity contribution is 0.482. The predicted molar refractivity (Wildman–Crippen MR) is 93.3 cm³/mol. The summed E-state index contributed by atoms with van der Waals surface area (Å²) in [7, 11) is 0. The number of nitrogens with zero attached hydrogens (tertiary/aromatic N) is 3. The number of ether oxygens (including phenoxy) is 1. The second-order valence-electron chi connectivity index (χ2n) is 5.44. The molecule has 23 heavy (non-hydrogen) atoms. The lowest BCUT2D eigenvalue weighted by Crippen LogP contribution is -2.36. The van der Waals surface area contributed by atoms with Crippen LogP contribution < -0.4 is 10.5 Å². The lowest BCUT2D eigenvalue weighted by Gasteiger charge is -2.29. The van der Waals surface area contributed by atoms with E-state index in [1.807, 2.05) is 30.6 Å². The zero-order chi connectivity index (χ0) is 15.8. The fraction of sp³-hybridized carbons (Fsp3) is 0.176. The van der Waals surface area contributed by atoms with E-state index in [0.717, 1.165) is 36.6 Å². The van der Waals surface area contributed by atoms with E-state index in [1.54, 1.807) is 12.1 Å². The smallest absolute Gasteiger partial charge is 0.148 e. The highest BCUT2D eigenvalue weighted by Gasteiger charge is 2.22. The van der Waals surface area contributed by atoms with Gasteiger partial charge >= 0.3 is 0 Å². The number of rotatable bonds is 2. The van der Waals surface area contributed by atoms with Crippen molar-refractivity contribution < 1.29 is 4.74 Å². The molecule has 116 valence electrons. The van der Waals surface area contributed by atoms with Crippen LogP contribution in [-0.2, 0) is 0 Å². The van der Waals surface area contributed by atoms with Crippen molar-refractivity contribution >= 4 is 35.1 Å². The summed E-state index contributed by atoms with van der Waals surface area (Å²) >= 11 is 6.19. The SMILES string of the molecule is Nc1cccc(Oc2ccc3c(c2)C2=NCCCN2C=N3)c1Cl. The molecule has 2 heterocycles. The Balaban J connectivity index is 1.71. The average molecular weight is 327 g/mol. The summed E-state index contributed by atoms with van der Waals surface area (Å²) in [5.74, 6) is 2.17. The fourth-order valence-corrected chi connectivity index (χ4v) is 2.88. The molecule has 6 heteroatoms. The van der Waals surface area contributed by atoms with Crippen LogP contribution in [0.5, 0.6) is 11.5 Å². The molecule has 0 saturated heterocycles. The molecule has 0 unspecified atom stereocenters. The van der Waals surface area contributed by atoms with Gasteiger partial charge in [0.1, 0.15) is 22.4 Å². The van der Waals surface area contributed by atoms with Crippen molar-refractivity contribution in [2.75, 3.05) is 18.8 Å². The topological polar surface area (TPSA) is 63.2 Å². The van der Waals surface area contributed by atoms with Gasteiger partial charge in [-0.1, -0.05) is 17.7 Å². The third kappa shape index (κ3) is 2.53. The number of halogens is 1. The maximum Gasteiger partial charge on any atom is 0.148 e. The van der Waals surface area contributed by atoms with Gasteiger partial charge in [-0.05, 0) is 36.8 Å². The Hall–Kier alpha value is -2.53. The number of amidine groups is 1. The first kappa shape index (κ1) is 14.1. The molecule has 0 spiro atoms. The van der Waals surface area contributed by atoms with Crippen molar-refractivity contribution in [2.24, 2.45) is 9.98 Å². The molecule has 2 aliphatic heterocycles. The number of anilines is 1. The standard InChI is InChI=1S/C17H15ClN4O/c18-16-13(19)3-1-4-15(16)23-11-5-6-14-12(9-11)17-20-7-2-8-22(17)10-21-14/h1,3-6,9-10H,2,7-8,19H2. The number of nitrogens with two attached hydrogens (primary N) is 1. The van der Waals surface area contributed by atoms with E-state index in [2.05, 4.69) is 14.9 Å². The Labute approximate surface area is 139 Å². The van der Waals surface area contributed by atoms with E-state index < -0.39 is 0 Å². The molecule has 2 aliphatic rings. The van der Waals surface area contributed by atoms with Gasteiger partial charge in [0.15, 0.2) is 0 Å². The number of fused-ring (bicyclic) bond motifs is 3. The van der Waals surface area contributed by atoms with Gasteiger partial charge in [-0.2, -0.15) is 0 Å². The minimum absolute atomic E-state index is 0.417. The number of nitrogen functional groups attached to an aromatic ring is 1. The second kappa shape index (κ2) is 5.59. The first-order chi connectivity index (χ1) is 11.2. The van der Waals surface area contributed by atoms with Gasteiger partial charge in [0.05, 0.1) is 17.7 Å². The molecule has 0 radical (unpaired) electrons. The summed E-state index contributed by atoms with van der Waals surface area (Å²) < 4.78 is 5.90. The van der Waals surface area contributed by atoms with Crippen molar-refractivity contribution in [3.8, 4) is 11.5 Å². The first-order valence-electron chi connectivity index (χ1n) is 7.44. The Morgan fingerprint density at radius 2 is 2.13 bits per heavy atom. The van der Waals surface area contributed by atoms with Gasteiger partial charge in [-0.3, -0.25) is 4.99 Å². The number of benzene rings is 2. The van der Waals surface area contributed by atoms with Crippen molar-refractivity contribution in [2.45, 2.75) is 6.42 Å². The predicted octanol–water partition coefficient (Wildman–Crippen LogP) is 3.84. The molecular weight excluding hydrogens is 312 g/mol. The molecule has 0 saturated carbocycles. The van der Waals surface area contributed by atoms with Crippen LogP contribution in [0.2, 0.25) is 5.02 Å². The summed E-state index contributed by atoms with van der Waals surface area (Å²) in [6, 6.07) is 11.1. The van der Waals surface area contributed by atoms with Crippen LogP contribution >= 0.6 is 11.6 Å². The Bertz CT molecular complexity index is 831. The Morgan fingerprint density at radius 1 is 1.22 bits per heavy atom. The molecule has 0 atom stereocenters. The summed E-state index contributed by atoms with van der Waals surface area (Å²) in [6.45, 7) is 1.78. The van der Waals surface area contributed by atoms with Crippen LogP contribution in [0.1, 0.15) is 12.0 Å². The molecule has 2 N–H and O–H groups in total. The molecule has 5 nitrogen and oxygen atoms in total. The summed E-state index contributed by atoms with van der Waals surface area (Å²) in [5, 5.41) is 0.417. The van der Waals surface area contributed by atoms with Crippen molar-refractivity contribution in [1.29, 1.82) is 0 Å². The van der Waals surface area contributed by atoms with E-state index in [1.165, 1.54) is 0 Å². The summed E-state index contributed by atoms with van der Waals surface area (Å²) in [6.07, 6.45) is 2.88. The van der Waals surface area contributed by atoms with E-state index >= 15 is 0 Å². The summed E-state index contributed by atoms with van der Waals surface area (Å²) in [4.78, 5) is 11.2. The Morgan fingerprint density at radius 3 is 3.04 bits per heavy atom. The van der Waals surface area contributed by atoms with Crippen LogP contribution in [0.25, 0.3) is 0 Å². The molecule has 0 fully saturated rings. The van der Waals surface area contributed by atoms with Gasteiger partial charge in [-0.25, -0.2) is 4.99 Å². The molecular formula is C17H15ClN4O. The molecule has 2 aromatic carbocycles. The van der Waals surface area contributed by atoms with Gasteiger partial charge < -0.3 is 15.4 Å². The lowest BCUT2D eigenvalue weighted by atomic mass is 10.1. The summed E-state index contributed by atoms with van der Waals surface area (Å²) in [5.41, 5.74) is 8.18. The molecule has 0 amide bonds. The minimum atomic E-state index is 0.417. The average Bonchev–Trinajstić information content (AvgIpc) is 2.59. The maximum atomic E-state index is 6.19. The van der Waals surface area contributed by atoms with E-state index in [9.17, 15) is 0 Å². The normalized spacial score (nSPS) is 15.7. The highest BCUT2D eigenvalue weighted by atomic mass is 35.5. The van der Waals surface area contributed by atoms with Crippen LogP contribution in [0.15, 0.2) is 46.4 Å². The molecule has 4 rings (SSSR count). The Kier molecular flexibility index (Phi) is 3.42. The van der Waals surface area contributed by atoms with Crippen LogP contribution in [0, 0.1) is 0 Å². The van der Waals surface area contributed by atoms with Gasteiger partial charge in [0.2, 0.25) is 0 Å². The highest BCUT2D eigenvalue weighted by Crippen LogP contribution is 2.36. The minimum Gasteiger partial charge on any atom is -0.456 e. The van der Waals surface area contributed by atoms with E-state index in [4.69, 9.17) is 22.1 Å². The quantitative estimate of drug-likeness (QED) is 0.853. The molecule has 0 bridgehead atoms. The first-order valence-corrected chi connectivity index (χ1v) is 7.82. The highest BCUT2D eigenvalue weighted by molar-refractivity contribution is 6.34. The van der Waals surface area contributed by atoms with Gasteiger partial charge in [0.25, 0.3) is 0 Å². The van der Waals surface area contributed by atoms with Crippen molar-refractivity contribution in [1.82, 2.24) is 4.90 Å². The van der Waals surface area contributed by atoms with E-state index in [0.29, 0.717) is 22.2 Å². The van der Waals surface area contributed by atoms with Crippen molar-refractivity contribution in [3.63, 3.8) is 0 Å². The van der Waals surface area contributed by atoms with Crippen LogP contribution in [0.3, 0.4) is 0 Å². The zero-order valence-corrected chi connectivity index (χ0v) is 13.1. The number of aliphatic imine (C=N–C) groups is 2. The molecule has 2 aromatic rings. The fourth-order valence-electron chi connectivity index (χ4n) is 2.71. The maximum absolute atomic E-state index is 6.19. The van der Waals surface area contributed by atoms with Gasteiger partial charge in [-0.15, -0.1) is 0 Å².